The van der Waals surface area contributed by atoms with E-state index in [-0.39, 0.29) is 5.91 Å². The number of amides is 1. The highest BCUT2D eigenvalue weighted by Gasteiger charge is 2.28. The van der Waals surface area contributed by atoms with Crippen LogP contribution in [0.1, 0.15) is 18.2 Å². The van der Waals surface area contributed by atoms with Crippen LogP contribution in [0.25, 0.3) is 10.9 Å². The summed E-state index contributed by atoms with van der Waals surface area (Å²) in [6.45, 7) is 3.31. The van der Waals surface area contributed by atoms with Crippen molar-refractivity contribution in [2.75, 3.05) is 6.54 Å². The summed E-state index contributed by atoms with van der Waals surface area (Å²) in [6, 6.07) is 7.76. The number of H-pyrrole nitrogens is 1. The van der Waals surface area contributed by atoms with E-state index in [1.165, 1.54) is 10.9 Å². The molecule has 1 aromatic heterocycles. The summed E-state index contributed by atoms with van der Waals surface area (Å²) in [4.78, 5) is 17.3. The van der Waals surface area contributed by atoms with Crippen LogP contribution in [-0.2, 0) is 17.8 Å². The molecule has 0 bridgehead atoms. The van der Waals surface area contributed by atoms with Gasteiger partial charge in [0.15, 0.2) is 0 Å². The van der Waals surface area contributed by atoms with Crippen molar-refractivity contribution in [1.29, 1.82) is 0 Å². The molecule has 1 unspecified atom stereocenters. The summed E-state index contributed by atoms with van der Waals surface area (Å²) in [5.41, 5.74) is 9.45. The van der Waals surface area contributed by atoms with Crippen molar-refractivity contribution in [3.05, 3.63) is 35.5 Å². The van der Waals surface area contributed by atoms with Crippen molar-refractivity contribution in [3.8, 4) is 0 Å². The summed E-state index contributed by atoms with van der Waals surface area (Å²) >= 11 is 0. The van der Waals surface area contributed by atoms with Gasteiger partial charge in [-0.15, -0.1) is 0 Å². The number of carbonyl (C=O) groups excluding carboxylic acids is 1. The first-order valence-corrected chi connectivity index (χ1v) is 6.33. The van der Waals surface area contributed by atoms with E-state index >= 15 is 0 Å². The lowest BCUT2D eigenvalue weighted by atomic mass is 10.0. The van der Waals surface area contributed by atoms with Gasteiger partial charge in [-0.2, -0.15) is 0 Å². The van der Waals surface area contributed by atoms with E-state index in [2.05, 4.69) is 17.1 Å². The number of aromatic nitrogens is 1. The molecule has 1 aliphatic heterocycles. The lowest BCUT2D eigenvalue weighted by Crippen LogP contribution is -2.42. The van der Waals surface area contributed by atoms with E-state index in [9.17, 15) is 4.79 Å². The van der Waals surface area contributed by atoms with Crippen LogP contribution in [-0.4, -0.2) is 28.4 Å². The Kier molecular flexibility index (Phi) is 2.59. The van der Waals surface area contributed by atoms with Gasteiger partial charge in [0.2, 0.25) is 5.91 Å². The van der Waals surface area contributed by atoms with Gasteiger partial charge in [0.1, 0.15) is 0 Å². The molecule has 94 valence electrons. The Hall–Kier alpha value is -1.81. The zero-order valence-electron chi connectivity index (χ0n) is 10.4. The van der Waals surface area contributed by atoms with E-state index in [0.29, 0.717) is 19.5 Å². The number of fused-ring (bicyclic) bond motifs is 3. The standard InChI is InChI=1S/C14H17N3O/c1-2-17-8-13-10(7-11(15)14(17)18)9-5-3-4-6-12(9)16-13/h3-6,11,16H,2,7-8,15H2,1H3. The number of nitrogens with two attached hydrogens (primary N) is 1. The molecule has 0 saturated heterocycles. The van der Waals surface area contributed by atoms with Gasteiger partial charge >= 0.3 is 0 Å². The molecule has 1 aliphatic rings. The predicted octanol–water partition coefficient (Wildman–Crippen LogP) is 1.40. The third-order valence-electron chi connectivity index (χ3n) is 3.69. The molecule has 1 aromatic carbocycles. The van der Waals surface area contributed by atoms with Gasteiger partial charge < -0.3 is 15.6 Å². The van der Waals surface area contributed by atoms with E-state index in [1.807, 2.05) is 24.0 Å². The van der Waals surface area contributed by atoms with E-state index in [4.69, 9.17) is 5.73 Å². The van der Waals surface area contributed by atoms with Crippen molar-refractivity contribution in [1.82, 2.24) is 9.88 Å². The van der Waals surface area contributed by atoms with Gasteiger partial charge in [-0.05, 0) is 25.0 Å². The molecule has 0 saturated carbocycles. The van der Waals surface area contributed by atoms with Crippen LogP contribution >= 0.6 is 0 Å². The Morgan fingerprint density at radius 1 is 1.44 bits per heavy atom. The molecule has 0 fully saturated rings. The highest BCUT2D eigenvalue weighted by atomic mass is 16.2. The normalized spacial score (nSPS) is 20.0. The fourth-order valence-corrected chi connectivity index (χ4v) is 2.70. The second-order valence-corrected chi connectivity index (χ2v) is 4.79. The molecule has 0 aliphatic carbocycles. The molecule has 2 aromatic rings. The van der Waals surface area contributed by atoms with Crippen LogP contribution in [0, 0.1) is 0 Å². The minimum Gasteiger partial charge on any atom is -0.357 e. The summed E-state index contributed by atoms with van der Waals surface area (Å²) in [6.07, 6.45) is 0.620. The third kappa shape index (κ3) is 1.61. The first kappa shape index (κ1) is 11.3. The van der Waals surface area contributed by atoms with Crippen LogP contribution in [0.2, 0.25) is 0 Å². The topological polar surface area (TPSA) is 62.1 Å². The maximum Gasteiger partial charge on any atom is 0.240 e. The van der Waals surface area contributed by atoms with Crippen LogP contribution in [0.4, 0.5) is 0 Å². The Labute approximate surface area is 106 Å². The van der Waals surface area contributed by atoms with Gasteiger partial charge in [0.25, 0.3) is 0 Å². The van der Waals surface area contributed by atoms with Gasteiger partial charge in [-0.3, -0.25) is 4.79 Å². The van der Waals surface area contributed by atoms with Crippen molar-refractivity contribution < 1.29 is 4.79 Å². The Balaban J connectivity index is 2.14. The number of nitrogens with one attached hydrogen (secondary N) is 1. The number of para-hydroxylation sites is 1. The number of benzene rings is 1. The second kappa shape index (κ2) is 4.14. The van der Waals surface area contributed by atoms with Crippen molar-refractivity contribution in [2.45, 2.75) is 25.9 Å². The van der Waals surface area contributed by atoms with Gasteiger partial charge in [-0.25, -0.2) is 0 Å². The lowest BCUT2D eigenvalue weighted by Gasteiger charge is -2.20. The fraction of sp³-hybridized carbons (Fsp3) is 0.357. The molecular weight excluding hydrogens is 226 g/mol. The predicted molar refractivity (Wildman–Crippen MR) is 71.1 cm³/mol. The molecule has 18 heavy (non-hydrogen) atoms. The molecule has 0 radical (unpaired) electrons. The highest BCUT2D eigenvalue weighted by Crippen LogP contribution is 2.27. The number of hydrogen-bond donors (Lipinski definition) is 2. The second-order valence-electron chi connectivity index (χ2n) is 4.79. The van der Waals surface area contributed by atoms with Crippen LogP contribution in [0.15, 0.2) is 24.3 Å². The van der Waals surface area contributed by atoms with Crippen LogP contribution in [0.3, 0.4) is 0 Å². The average molecular weight is 243 g/mol. The summed E-state index contributed by atoms with van der Waals surface area (Å²) in [7, 11) is 0. The molecular formula is C14H17N3O. The van der Waals surface area contributed by atoms with Crippen molar-refractivity contribution in [3.63, 3.8) is 0 Å². The zero-order chi connectivity index (χ0) is 12.7. The Morgan fingerprint density at radius 2 is 2.22 bits per heavy atom. The molecule has 2 heterocycles. The molecule has 3 N–H and O–H groups in total. The molecule has 4 heteroatoms. The number of likely N-dealkylation sites (N-methyl/N-ethyl adjacent to an activating group) is 1. The quantitative estimate of drug-likeness (QED) is 0.795. The van der Waals surface area contributed by atoms with Gasteiger partial charge in [-0.1, -0.05) is 18.2 Å². The number of carbonyl (C=O) groups is 1. The number of aromatic amines is 1. The summed E-state index contributed by atoms with van der Waals surface area (Å²) in [5, 5.41) is 1.19. The van der Waals surface area contributed by atoms with E-state index in [1.54, 1.807) is 0 Å². The zero-order valence-corrected chi connectivity index (χ0v) is 10.4. The third-order valence-corrected chi connectivity index (χ3v) is 3.69. The smallest absolute Gasteiger partial charge is 0.240 e. The SMILES string of the molecule is CCN1Cc2[nH]c3ccccc3c2CC(N)C1=O. The largest absolute Gasteiger partial charge is 0.357 e. The summed E-state index contributed by atoms with van der Waals surface area (Å²) < 4.78 is 0. The minimum absolute atomic E-state index is 0.0474. The van der Waals surface area contributed by atoms with E-state index < -0.39 is 6.04 Å². The van der Waals surface area contributed by atoms with Gasteiger partial charge in [0.05, 0.1) is 12.6 Å². The molecule has 1 atom stereocenters. The summed E-state index contributed by atoms with van der Waals surface area (Å²) in [5.74, 6) is 0.0474. The van der Waals surface area contributed by atoms with E-state index in [0.717, 1.165) is 11.2 Å². The molecule has 3 rings (SSSR count). The molecule has 0 spiro atoms. The van der Waals surface area contributed by atoms with Crippen molar-refractivity contribution in [2.24, 2.45) is 5.73 Å². The first-order valence-electron chi connectivity index (χ1n) is 6.33. The molecule has 1 amide bonds. The maximum atomic E-state index is 12.1. The minimum atomic E-state index is -0.426. The highest BCUT2D eigenvalue weighted by molar-refractivity contribution is 5.88. The molecule has 4 nitrogen and oxygen atoms in total. The van der Waals surface area contributed by atoms with Crippen LogP contribution < -0.4 is 5.73 Å². The number of nitrogens with zero attached hydrogens (tertiary/aromatic N) is 1. The fourth-order valence-electron chi connectivity index (χ4n) is 2.70. The van der Waals surface area contributed by atoms with Gasteiger partial charge in [0, 0.05) is 23.1 Å². The average Bonchev–Trinajstić information content (AvgIpc) is 2.67. The number of hydrogen-bond acceptors (Lipinski definition) is 2. The maximum absolute atomic E-state index is 12.1. The van der Waals surface area contributed by atoms with Crippen LogP contribution in [0.5, 0.6) is 0 Å². The first-order chi connectivity index (χ1) is 8.70. The van der Waals surface area contributed by atoms with Crippen molar-refractivity contribution >= 4 is 16.8 Å². The Morgan fingerprint density at radius 3 is 3.00 bits per heavy atom. The number of rotatable bonds is 1. The lowest BCUT2D eigenvalue weighted by molar-refractivity contribution is -0.132. The monoisotopic (exact) mass is 243 g/mol. The Bertz CT molecular complexity index is 602.